The van der Waals surface area contributed by atoms with Crippen molar-refractivity contribution in [1.82, 2.24) is 20.2 Å². The largest absolute Gasteiger partial charge is 0.481 e. The van der Waals surface area contributed by atoms with Gasteiger partial charge >= 0.3 is 5.97 Å². The first kappa shape index (κ1) is 13.1. The third-order valence-corrected chi connectivity index (χ3v) is 4.13. The number of aliphatic carboxylic acids is 1. The van der Waals surface area contributed by atoms with Crippen LogP contribution in [0.1, 0.15) is 18.4 Å². The maximum atomic E-state index is 11.3. The molecule has 1 heterocycles. The van der Waals surface area contributed by atoms with Crippen molar-refractivity contribution in [1.29, 1.82) is 0 Å². The zero-order valence-corrected chi connectivity index (χ0v) is 11.6. The second-order valence-corrected chi connectivity index (χ2v) is 5.62. The third kappa shape index (κ3) is 2.16. The van der Waals surface area contributed by atoms with Gasteiger partial charge in [-0.05, 0) is 41.8 Å². The number of hydrogen-bond donors (Lipinski definition) is 1. The lowest BCUT2D eigenvalue weighted by Crippen LogP contribution is -2.22. The van der Waals surface area contributed by atoms with Crippen LogP contribution in [0.15, 0.2) is 18.2 Å². The van der Waals surface area contributed by atoms with Gasteiger partial charge in [0, 0.05) is 10.6 Å². The van der Waals surface area contributed by atoms with Crippen molar-refractivity contribution < 1.29 is 9.90 Å². The standard InChI is InChI=1S/C13H13ClN4O2/c1-8-2-3-9(6-10(8)14)11-15-16-17-18(11)7-13(4-5-13)12(19)20/h2-3,6H,4-5,7H2,1H3,(H,19,20). The molecule has 6 nitrogen and oxygen atoms in total. The Hall–Kier alpha value is -1.95. The maximum absolute atomic E-state index is 11.3. The highest BCUT2D eigenvalue weighted by Gasteiger charge is 2.51. The summed E-state index contributed by atoms with van der Waals surface area (Å²) in [7, 11) is 0. The summed E-state index contributed by atoms with van der Waals surface area (Å²) in [6, 6.07) is 5.56. The second-order valence-electron chi connectivity index (χ2n) is 5.21. The number of aryl methyl sites for hydroxylation is 1. The fourth-order valence-corrected chi connectivity index (χ4v) is 2.31. The topological polar surface area (TPSA) is 80.9 Å². The smallest absolute Gasteiger partial charge is 0.311 e. The Morgan fingerprint density at radius 2 is 2.25 bits per heavy atom. The van der Waals surface area contributed by atoms with Crippen LogP contribution in [-0.2, 0) is 11.3 Å². The molecule has 0 radical (unpaired) electrons. The molecule has 20 heavy (non-hydrogen) atoms. The molecular weight excluding hydrogens is 280 g/mol. The molecule has 0 bridgehead atoms. The first-order chi connectivity index (χ1) is 9.52. The third-order valence-electron chi connectivity index (χ3n) is 3.72. The van der Waals surface area contributed by atoms with E-state index in [0.29, 0.717) is 23.7 Å². The van der Waals surface area contributed by atoms with Crippen molar-refractivity contribution in [2.24, 2.45) is 5.41 Å². The second kappa shape index (κ2) is 4.56. The number of nitrogens with zero attached hydrogens (tertiary/aromatic N) is 4. The summed E-state index contributed by atoms with van der Waals surface area (Å²) in [5.74, 6) is -0.250. The van der Waals surface area contributed by atoms with Crippen LogP contribution in [0, 0.1) is 12.3 Å². The summed E-state index contributed by atoms with van der Waals surface area (Å²) >= 11 is 6.11. The van der Waals surface area contributed by atoms with Crippen molar-refractivity contribution in [2.75, 3.05) is 0 Å². The number of halogens is 1. The van der Waals surface area contributed by atoms with Crippen molar-refractivity contribution in [3.8, 4) is 11.4 Å². The van der Waals surface area contributed by atoms with E-state index in [1.165, 1.54) is 0 Å². The highest BCUT2D eigenvalue weighted by atomic mass is 35.5. The van der Waals surface area contributed by atoms with E-state index < -0.39 is 11.4 Å². The molecule has 0 unspecified atom stereocenters. The van der Waals surface area contributed by atoms with Crippen LogP contribution in [-0.4, -0.2) is 31.3 Å². The molecule has 1 aromatic carbocycles. The summed E-state index contributed by atoms with van der Waals surface area (Å²) in [6.07, 6.45) is 1.33. The van der Waals surface area contributed by atoms with E-state index in [4.69, 9.17) is 11.6 Å². The van der Waals surface area contributed by atoms with Gasteiger partial charge in [0.05, 0.1) is 12.0 Å². The fraction of sp³-hybridized carbons (Fsp3) is 0.385. The molecule has 104 valence electrons. The number of carbonyl (C=O) groups is 1. The van der Waals surface area contributed by atoms with Crippen molar-refractivity contribution in [2.45, 2.75) is 26.3 Å². The molecular formula is C13H13ClN4O2. The van der Waals surface area contributed by atoms with Gasteiger partial charge in [0.25, 0.3) is 0 Å². The molecule has 7 heteroatoms. The predicted molar refractivity (Wildman–Crippen MR) is 72.3 cm³/mol. The van der Waals surface area contributed by atoms with E-state index in [-0.39, 0.29) is 6.54 Å². The molecule has 1 aliphatic carbocycles. The van der Waals surface area contributed by atoms with E-state index >= 15 is 0 Å². The Morgan fingerprint density at radius 1 is 1.50 bits per heavy atom. The minimum atomic E-state index is -0.791. The molecule has 1 aromatic heterocycles. The van der Waals surface area contributed by atoms with Crippen LogP contribution in [0.4, 0.5) is 0 Å². The molecule has 3 rings (SSSR count). The van der Waals surface area contributed by atoms with E-state index in [0.717, 1.165) is 11.1 Å². The average molecular weight is 293 g/mol. The van der Waals surface area contributed by atoms with Gasteiger partial charge < -0.3 is 5.11 Å². The van der Waals surface area contributed by atoms with Crippen LogP contribution >= 0.6 is 11.6 Å². The van der Waals surface area contributed by atoms with E-state index in [1.54, 1.807) is 10.7 Å². The quantitative estimate of drug-likeness (QED) is 0.934. The fourth-order valence-electron chi connectivity index (χ4n) is 2.13. The number of benzene rings is 1. The Labute approximate surface area is 120 Å². The lowest BCUT2D eigenvalue weighted by molar-refractivity contribution is -0.144. The first-order valence-electron chi connectivity index (χ1n) is 6.28. The number of carboxylic acids is 1. The summed E-state index contributed by atoms with van der Waals surface area (Å²) in [4.78, 5) is 11.3. The highest BCUT2D eigenvalue weighted by Crippen LogP contribution is 2.47. The Bertz CT molecular complexity index is 679. The van der Waals surface area contributed by atoms with Crippen LogP contribution in [0.5, 0.6) is 0 Å². The van der Waals surface area contributed by atoms with Gasteiger partial charge in [0.15, 0.2) is 5.82 Å². The molecule has 0 aliphatic heterocycles. The number of hydrogen-bond acceptors (Lipinski definition) is 4. The van der Waals surface area contributed by atoms with Gasteiger partial charge in [-0.25, -0.2) is 4.68 Å². The molecule has 0 atom stereocenters. The molecule has 0 spiro atoms. The van der Waals surface area contributed by atoms with Crippen molar-refractivity contribution >= 4 is 17.6 Å². The molecule has 0 saturated heterocycles. The highest BCUT2D eigenvalue weighted by molar-refractivity contribution is 6.31. The summed E-state index contributed by atoms with van der Waals surface area (Å²) in [5, 5.41) is 21.4. The van der Waals surface area contributed by atoms with Crippen LogP contribution in [0.3, 0.4) is 0 Å². The van der Waals surface area contributed by atoms with E-state index in [1.807, 2.05) is 19.1 Å². The number of carboxylic acid groups (broad SMARTS) is 1. The molecule has 1 aliphatic rings. The Balaban J connectivity index is 1.94. The van der Waals surface area contributed by atoms with E-state index in [2.05, 4.69) is 15.5 Å². The number of tetrazole rings is 1. The SMILES string of the molecule is Cc1ccc(-c2nnnn2CC2(C(=O)O)CC2)cc1Cl. The lowest BCUT2D eigenvalue weighted by Gasteiger charge is -2.11. The molecule has 1 fully saturated rings. The first-order valence-corrected chi connectivity index (χ1v) is 6.66. The van der Waals surface area contributed by atoms with Gasteiger partial charge in [-0.15, -0.1) is 5.10 Å². The zero-order valence-electron chi connectivity index (χ0n) is 10.9. The summed E-state index contributed by atoms with van der Waals surface area (Å²) < 4.78 is 1.54. The normalized spacial score (nSPS) is 16.1. The number of rotatable bonds is 4. The molecule has 1 N–H and O–H groups in total. The maximum Gasteiger partial charge on any atom is 0.311 e. The average Bonchev–Trinajstić information content (AvgIpc) is 3.05. The Morgan fingerprint density at radius 3 is 2.85 bits per heavy atom. The van der Waals surface area contributed by atoms with Gasteiger partial charge in [-0.2, -0.15) is 0 Å². The van der Waals surface area contributed by atoms with Crippen molar-refractivity contribution in [3.63, 3.8) is 0 Å². The number of aromatic nitrogens is 4. The van der Waals surface area contributed by atoms with E-state index in [9.17, 15) is 9.90 Å². The summed E-state index contributed by atoms with van der Waals surface area (Å²) in [6.45, 7) is 2.20. The summed E-state index contributed by atoms with van der Waals surface area (Å²) in [5.41, 5.74) is 1.05. The lowest BCUT2D eigenvalue weighted by atomic mass is 10.1. The van der Waals surface area contributed by atoms with Crippen molar-refractivity contribution in [3.05, 3.63) is 28.8 Å². The van der Waals surface area contributed by atoms with Gasteiger partial charge in [0.2, 0.25) is 0 Å². The molecule has 2 aromatic rings. The van der Waals surface area contributed by atoms with Gasteiger partial charge in [-0.1, -0.05) is 23.7 Å². The molecule has 0 amide bonds. The minimum absolute atomic E-state index is 0.288. The van der Waals surface area contributed by atoms with Gasteiger partial charge in [0.1, 0.15) is 0 Å². The van der Waals surface area contributed by atoms with Crippen LogP contribution in [0.25, 0.3) is 11.4 Å². The predicted octanol–water partition coefficient (Wildman–Crippen LogP) is 2.17. The molecule has 1 saturated carbocycles. The minimum Gasteiger partial charge on any atom is -0.481 e. The van der Waals surface area contributed by atoms with Crippen LogP contribution < -0.4 is 0 Å². The monoisotopic (exact) mass is 292 g/mol. The van der Waals surface area contributed by atoms with Gasteiger partial charge in [-0.3, -0.25) is 4.79 Å². The zero-order chi connectivity index (χ0) is 14.3. The van der Waals surface area contributed by atoms with Crippen LogP contribution in [0.2, 0.25) is 5.02 Å². The Kier molecular flexibility index (Phi) is 2.97.